The van der Waals surface area contributed by atoms with Crippen LogP contribution in [-0.2, 0) is 4.79 Å². The third-order valence-corrected chi connectivity index (χ3v) is 6.06. The van der Waals surface area contributed by atoms with Gasteiger partial charge in [-0.1, -0.05) is 55.5 Å². The highest BCUT2D eigenvalue weighted by Crippen LogP contribution is 2.48. The van der Waals surface area contributed by atoms with Gasteiger partial charge >= 0.3 is 12.4 Å². The van der Waals surface area contributed by atoms with Crippen LogP contribution in [0, 0.1) is 11.3 Å². The van der Waals surface area contributed by atoms with E-state index in [1.54, 1.807) is 6.07 Å². The number of carbonyl (C=O) groups excluding carboxylic acids is 1. The summed E-state index contributed by atoms with van der Waals surface area (Å²) in [6.45, 7) is 0.688. The zero-order chi connectivity index (χ0) is 25.4. The molecule has 1 heterocycles. The highest BCUT2D eigenvalue weighted by molar-refractivity contribution is 5.97. The first-order valence-corrected chi connectivity index (χ1v) is 10.6. The van der Waals surface area contributed by atoms with E-state index in [-0.39, 0.29) is 18.4 Å². The second-order valence-electron chi connectivity index (χ2n) is 8.60. The molecule has 0 saturated carbocycles. The Morgan fingerprint density at radius 1 is 1.09 bits per heavy atom. The lowest BCUT2D eigenvalue weighted by Crippen LogP contribution is -2.42. The fraction of sp³-hybridized carbons (Fsp3) is 0.269. The first-order valence-electron chi connectivity index (χ1n) is 10.6. The van der Waals surface area contributed by atoms with E-state index in [0.717, 1.165) is 11.6 Å². The van der Waals surface area contributed by atoms with Crippen LogP contribution in [0.5, 0.6) is 11.5 Å². The van der Waals surface area contributed by atoms with Crippen molar-refractivity contribution in [2.45, 2.75) is 19.3 Å². The van der Waals surface area contributed by atoms with Gasteiger partial charge in [0.1, 0.15) is 24.4 Å². The van der Waals surface area contributed by atoms with Crippen LogP contribution < -0.4 is 9.47 Å². The molecule has 0 radical (unpaired) electrons. The summed E-state index contributed by atoms with van der Waals surface area (Å²) in [5, 5.41) is 0. The van der Waals surface area contributed by atoms with E-state index < -0.39 is 35.9 Å². The number of hydrogen-bond donors (Lipinski definition) is 0. The molecule has 3 nitrogen and oxygen atoms in total. The van der Waals surface area contributed by atoms with Crippen molar-refractivity contribution in [3.8, 4) is 11.5 Å². The predicted molar refractivity (Wildman–Crippen MR) is 117 cm³/mol. The molecule has 0 saturated heterocycles. The first-order chi connectivity index (χ1) is 16.4. The van der Waals surface area contributed by atoms with Crippen LogP contribution in [0.2, 0.25) is 0 Å². The minimum absolute atomic E-state index is 0.00575. The van der Waals surface area contributed by atoms with Crippen molar-refractivity contribution < 1.29 is 40.6 Å². The first kappa shape index (κ1) is 24.6. The quantitative estimate of drug-likeness (QED) is 0.343. The molecule has 0 fully saturated rings. The van der Waals surface area contributed by atoms with E-state index in [1.807, 2.05) is 30.3 Å². The molecule has 1 unspecified atom stereocenters. The van der Waals surface area contributed by atoms with Gasteiger partial charge in [-0.25, -0.2) is 0 Å². The van der Waals surface area contributed by atoms with Crippen LogP contribution >= 0.6 is 0 Å². The Morgan fingerprint density at radius 2 is 1.80 bits per heavy atom. The number of hydrogen-bond acceptors (Lipinski definition) is 3. The maximum atomic E-state index is 13.7. The summed E-state index contributed by atoms with van der Waals surface area (Å²) in [6, 6.07) is 13.8. The van der Waals surface area contributed by atoms with Gasteiger partial charge in [-0.15, -0.1) is 0 Å². The zero-order valence-corrected chi connectivity index (χ0v) is 18.4. The number of carbonyl (C=O) groups is 1. The largest absolute Gasteiger partial charge is 0.493 e. The topological polar surface area (TPSA) is 35.5 Å². The molecule has 35 heavy (non-hydrogen) atoms. The van der Waals surface area contributed by atoms with Crippen molar-refractivity contribution >= 4 is 11.9 Å². The second kappa shape index (κ2) is 8.94. The molecule has 0 amide bonds. The molecule has 2 aromatic rings. The summed E-state index contributed by atoms with van der Waals surface area (Å²) in [5.41, 5.74) is -0.566. The van der Waals surface area contributed by atoms with Gasteiger partial charge in [0.25, 0.3) is 0 Å². The van der Waals surface area contributed by atoms with Crippen LogP contribution in [0.4, 0.5) is 26.3 Å². The minimum Gasteiger partial charge on any atom is -0.493 e. The Kier molecular flexibility index (Phi) is 6.29. The number of allylic oxidation sites excluding steroid dienone is 3. The van der Waals surface area contributed by atoms with E-state index in [4.69, 9.17) is 9.47 Å². The maximum absolute atomic E-state index is 13.7. The Balaban J connectivity index is 1.60. The van der Waals surface area contributed by atoms with Crippen LogP contribution in [-0.4, -0.2) is 31.9 Å². The monoisotopic (exact) mass is 494 g/mol. The van der Waals surface area contributed by atoms with E-state index in [0.29, 0.717) is 34.8 Å². The van der Waals surface area contributed by atoms with Gasteiger partial charge in [-0.05, 0) is 17.7 Å². The zero-order valence-electron chi connectivity index (χ0n) is 18.4. The lowest BCUT2D eigenvalue weighted by molar-refractivity contribution is -0.187. The van der Waals surface area contributed by atoms with Crippen LogP contribution in [0.15, 0.2) is 77.9 Å². The summed E-state index contributed by atoms with van der Waals surface area (Å²) in [5.74, 6) is -1.82. The van der Waals surface area contributed by atoms with Gasteiger partial charge < -0.3 is 9.47 Å². The van der Waals surface area contributed by atoms with Crippen LogP contribution in [0.1, 0.15) is 18.1 Å². The Bertz CT molecular complexity index is 1210. The molecule has 184 valence electrons. The lowest BCUT2D eigenvalue weighted by atomic mass is 9.73. The van der Waals surface area contributed by atoms with E-state index >= 15 is 0 Å². The third kappa shape index (κ3) is 4.99. The average Bonchev–Trinajstić information content (AvgIpc) is 2.81. The summed E-state index contributed by atoms with van der Waals surface area (Å²) in [6.07, 6.45) is -7.32. The summed E-state index contributed by atoms with van der Waals surface area (Å²) in [4.78, 5) is 11.6. The SMILES string of the molecule is C[C@]1(COc2ccc3c(c2)OCC(C=O)=C3c2ccccc2)C=CC(C(F)(F)F)=CC1C(F)(F)F. The third-order valence-electron chi connectivity index (χ3n) is 6.06. The van der Waals surface area contributed by atoms with Crippen molar-refractivity contribution in [1.82, 2.24) is 0 Å². The molecule has 2 atom stereocenters. The van der Waals surface area contributed by atoms with Gasteiger partial charge in [-0.2, -0.15) is 26.3 Å². The molecule has 2 aromatic carbocycles. The number of fused-ring (bicyclic) bond motifs is 1. The molecular formula is C26H20F6O3. The van der Waals surface area contributed by atoms with Crippen LogP contribution in [0.3, 0.4) is 0 Å². The van der Waals surface area contributed by atoms with Crippen molar-refractivity contribution in [3.63, 3.8) is 0 Å². The number of rotatable bonds is 5. The predicted octanol–water partition coefficient (Wildman–Crippen LogP) is 6.70. The van der Waals surface area contributed by atoms with Crippen molar-refractivity contribution in [3.05, 3.63) is 89.0 Å². The normalized spacial score (nSPS) is 22.3. The summed E-state index contributed by atoms with van der Waals surface area (Å²) >= 11 is 0. The maximum Gasteiger partial charge on any atom is 0.416 e. The Hall–Kier alpha value is -3.49. The smallest absolute Gasteiger partial charge is 0.416 e. The molecule has 1 aliphatic carbocycles. The Labute approximate surface area is 197 Å². The van der Waals surface area contributed by atoms with E-state index in [2.05, 4.69) is 0 Å². The van der Waals surface area contributed by atoms with E-state index in [1.165, 1.54) is 19.1 Å². The number of aldehydes is 1. The summed E-state index contributed by atoms with van der Waals surface area (Å²) in [7, 11) is 0. The number of halogens is 6. The second-order valence-corrected chi connectivity index (χ2v) is 8.60. The van der Waals surface area contributed by atoms with Gasteiger partial charge in [-0.3, -0.25) is 4.79 Å². The van der Waals surface area contributed by atoms with Crippen molar-refractivity contribution in [1.29, 1.82) is 0 Å². The minimum atomic E-state index is -4.90. The highest BCUT2D eigenvalue weighted by atomic mass is 19.4. The number of benzene rings is 2. The van der Waals surface area contributed by atoms with Crippen molar-refractivity contribution in [2.24, 2.45) is 11.3 Å². The lowest BCUT2D eigenvalue weighted by Gasteiger charge is -2.37. The number of ether oxygens (including phenoxy) is 2. The molecule has 0 spiro atoms. The highest BCUT2D eigenvalue weighted by Gasteiger charge is 2.52. The number of alkyl halides is 6. The van der Waals surface area contributed by atoms with Gasteiger partial charge in [0.05, 0.1) is 18.1 Å². The summed E-state index contributed by atoms with van der Waals surface area (Å²) < 4.78 is 91.3. The van der Waals surface area contributed by atoms with Crippen molar-refractivity contribution in [2.75, 3.05) is 13.2 Å². The molecule has 2 aliphatic rings. The molecule has 1 aliphatic heterocycles. The molecular weight excluding hydrogens is 474 g/mol. The fourth-order valence-electron chi connectivity index (χ4n) is 4.20. The van der Waals surface area contributed by atoms with Gasteiger partial charge in [0, 0.05) is 28.2 Å². The average molecular weight is 494 g/mol. The molecule has 0 N–H and O–H groups in total. The fourth-order valence-corrected chi connectivity index (χ4v) is 4.20. The Morgan fingerprint density at radius 3 is 2.43 bits per heavy atom. The standard InChI is InChI=1S/C26H20F6O3/c1-24(10-9-18(25(27,28)29)11-22(24)26(30,31)32)15-35-19-7-8-20-21(12-19)34-14-17(13-33)23(20)16-5-3-2-4-6-16/h2-13,22H,14-15H2,1H3/t22?,24-/m1/s1. The molecule has 4 rings (SSSR count). The van der Waals surface area contributed by atoms with E-state index in [9.17, 15) is 31.1 Å². The molecule has 0 aromatic heterocycles. The molecule has 9 heteroatoms. The van der Waals surface area contributed by atoms with Gasteiger partial charge in [0.15, 0.2) is 0 Å². The molecule has 0 bridgehead atoms. The van der Waals surface area contributed by atoms with Crippen LogP contribution in [0.25, 0.3) is 5.57 Å². The van der Waals surface area contributed by atoms with Gasteiger partial charge in [0.2, 0.25) is 0 Å².